The van der Waals surface area contributed by atoms with Crippen molar-refractivity contribution in [1.82, 2.24) is 0 Å². The van der Waals surface area contributed by atoms with E-state index in [2.05, 4.69) is 20.8 Å². The third-order valence-corrected chi connectivity index (χ3v) is 11.8. The average Bonchev–Trinajstić information content (AvgIpc) is 2.75. The number of ether oxygens (including phenoxy) is 1. The first-order chi connectivity index (χ1) is 15.1. The van der Waals surface area contributed by atoms with Crippen molar-refractivity contribution in [3.8, 4) is 0 Å². The molecular formula is C28H58O2P+. The van der Waals surface area contributed by atoms with E-state index in [0.29, 0.717) is 6.61 Å². The molecule has 31 heavy (non-hydrogen) atoms. The van der Waals surface area contributed by atoms with Crippen molar-refractivity contribution in [2.24, 2.45) is 0 Å². The Balaban J connectivity index is 4.74. The van der Waals surface area contributed by atoms with E-state index in [9.17, 15) is 4.79 Å². The molecule has 0 atom stereocenters. The first-order valence-electron chi connectivity index (χ1n) is 14.1. The number of carbonyl (C=O) groups is 1. The summed E-state index contributed by atoms with van der Waals surface area (Å²) in [6.07, 6.45) is 30.6. The van der Waals surface area contributed by atoms with E-state index in [0.717, 1.165) is 0 Å². The van der Waals surface area contributed by atoms with Gasteiger partial charge in [0.05, 0.1) is 24.6 Å². The lowest BCUT2D eigenvalue weighted by molar-refractivity contribution is -0.140. The van der Waals surface area contributed by atoms with Crippen molar-refractivity contribution >= 4 is 13.2 Å². The molecule has 0 aromatic carbocycles. The molecule has 2 nitrogen and oxygen atoms in total. The molecule has 0 saturated carbocycles. The monoisotopic (exact) mass is 457 g/mol. The standard InChI is InChI=1S/C28H58O2P/c1-5-8-11-14-17-20-24-31(27-23-30-28(4)29,25-21-18-15-12-9-6-2)26-22-19-16-13-10-7-3/h5-27H2,1-4H3/q+1. The van der Waals surface area contributed by atoms with Gasteiger partial charge in [-0.3, -0.25) is 4.79 Å². The number of rotatable bonds is 24. The molecule has 0 aliphatic carbocycles. The minimum atomic E-state index is -0.996. The summed E-state index contributed by atoms with van der Waals surface area (Å²) < 4.78 is 5.46. The van der Waals surface area contributed by atoms with Crippen LogP contribution in [0.4, 0.5) is 0 Å². The Morgan fingerprint density at radius 1 is 0.516 bits per heavy atom. The Morgan fingerprint density at radius 2 is 0.839 bits per heavy atom. The lowest BCUT2D eigenvalue weighted by Crippen LogP contribution is -2.17. The Labute approximate surface area is 197 Å². The highest BCUT2D eigenvalue weighted by Crippen LogP contribution is 2.60. The minimum absolute atomic E-state index is 0.100. The van der Waals surface area contributed by atoms with Crippen LogP contribution in [0.25, 0.3) is 0 Å². The van der Waals surface area contributed by atoms with Crippen LogP contribution < -0.4 is 0 Å². The van der Waals surface area contributed by atoms with Crippen LogP contribution in [-0.4, -0.2) is 37.2 Å². The van der Waals surface area contributed by atoms with Crippen molar-refractivity contribution in [3.63, 3.8) is 0 Å². The summed E-state index contributed by atoms with van der Waals surface area (Å²) in [5, 5.41) is 0. The largest absolute Gasteiger partial charge is 0.462 e. The van der Waals surface area contributed by atoms with Crippen LogP contribution in [0.1, 0.15) is 143 Å². The van der Waals surface area contributed by atoms with Gasteiger partial charge in [-0.05, 0) is 38.5 Å². The molecule has 0 saturated heterocycles. The molecule has 0 aromatic rings. The number of esters is 1. The van der Waals surface area contributed by atoms with Gasteiger partial charge in [-0.1, -0.05) is 97.8 Å². The predicted octanol–water partition coefficient (Wildman–Crippen LogP) is 9.65. The normalized spacial score (nSPS) is 11.7. The molecule has 0 N–H and O–H groups in total. The summed E-state index contributed by atoms with van der Waals surface area (Å²) in [5.74, 6) is -0.100. The quantitative estimate of drug-likeness (QED) is 0.0819. The van der Waals surface area contributed by atoms with Crippen molar-refractivity contribution in [2.75, 3.05) is 31.3 Å². The van der Waals surface area contributed by atoms with Gasteiger partial charge in [0.2, 0.25) is 0 Å². The number of unbranched alkanes of at least 4 members (excludes halogenated alkanes) is 15. The highest BCUT2D eigenvalue weighted by molar-refractivity contribution is 7.75. The second-order valence-corrected chi connectivity index (χ2v) is 14.4. The summed E-state index contributed by atoms with van der Waals surface area (Å²) in [4.78, 5) is 11.4. The van der Waals surface area contributed by atoms with E-state index in [-0.39, 0.29) is 5.97 Å². The van der Waals surface area contributed by atoms with E-state index in [1.165, 1.54) is 140 Å². The maximum atomic E-state index is 11.4. The Hall–Kier alpha value is -0.100. The second kappa shape index (κ2) is 23.1. The maximum absolute atomic E-state index is 11.4. The van der Waals surface area contributed by atoms with Crippen LogP contribution in [-0.2, 0) is 9.53 Å². The highest BCUT2D eigenvalue weighted by atomic mass is 31.2. The van der Waals surface area contributed by atoms with Crippen LogP contribution in [0.15, 0.2) is 0 Å². The van der Waals surface area contributed by atoms with Crippen molar-refractivity contribution in [3.05, 3.63) is 0 Å². The van der Waals surface area contributed by atoms with Gasteiger partial charge in [0, 0.05) is 14.2 Å². The van der Waals surface area contributed by atoms with Gasteiger partial charge in [0.1, 0.15) is 6.61 Å². The van der Waals surface area contributed by atoms with Gasteiger partial charge >= 0.3 is 5.97 Å². The van der Waals surface area contributed by atoms with Gasteiger partial charge in [-0.15, -0.1) is 0 Å². The first kappa shape index (κ1) is 30.9. The summed E-state index contributed by atoms with van der Waals surface area (Å²) in [5.41, 5.74) is 0. The van der Waals surface area contributed by atoms with Gasteiger partial charge in [-0.25, -0.2) is 0 Å². The van der Waals surface area contributed by atoms with Crippen molar-refractivity contribution < 1.29 is 9.53 Å². The van der Waals surface area contributed by atoms with Crippen molar-refractivity contribution in [1.29, 1.82) is 0 Å². The third-order valence-electron chi connectivity index (χ3n) is 6.83. The summed E-state index contributed by atoms with van der Waals surface area (Å²) in [6, 6.07) is 0. The zero-order valence-corrected chi connectivity index (χ0v) is 22.9. The fourth-order valence-electron chi connectivity index (χ4n) is 4.74. The molecule has 0 fully saturated rings. The van der Waals surface area contributed by atoms with Crippen molar-refractivity contribution in [2.45, 2.75) is 143 Å². The molecule has 0 spiro atoms. The zero-order chi connectivity index (χ0) is 23.0. The predicted molar refractivity (Wildman–Crippen MR) is 143 cm³/mol. The third kappa shape index (κ3) is 20.3. The molecular weight excluding hydrogens is 399 g/mol. The number of hydrogen-bond acceptors (Lipinski definition) is 2. The van der Waals surface area contributed by atoms with E-state index < -0.39 is 7.26 Å². The number of hydrogen-bond donors (Lipinski definition) is 0. The average molecular weight is 458 g/mol. The Bertz CT molecular complexity index is 342. The SMILES string of the molecule is CCCCCCCC[P+](CCCCCCCC)(CCCCCCCC)CCOC(C)=O. The molecule has 0 aliphatic heterocycles. The smallest absolute Gasteiger partial charge is 0.302 e. The van der Waals surface area contributed by atoms with E-state index in [1.807, 2.05) is 0 Å². The molecule has 0 heterocycles. The van der Waals surface area contributed by atoms with Crippen LogP contribution in [0.5, 0.6) is 0 Å². The fraction of sp³-hybridized carbons (Fsp3) is 0.964. The molecule has 0 aromatic heterocycles. The topological polar surface area (TPSA) is 26.3 Å². The van der Waals surface area contributed by atoms with E-state index in [4.69, 9.17) is 4.74 Å². The van der Waals surface area contributed by atoms with E-state index >= 15 is 0 Å². The van der Waals surface area contributed by atoms with Gasteiger partial charge < -0.3 is 4.74 Å². The molecule has 0 amide bonds. The highest BCUT2D eigenvalue weighted by Gasteiger charge is 2.35. The molecule has 0 radical (unpaired) electrons. The number of carbonyl (C=O) groups excluding carboxylic acids is 1. The fourth-order valence-corrected chi connectivity index (χ4v) is 9.24. The molecule has 0 aliphatic rings. The van der Waals surface area contributed by atoms with Crippen LogP contribution >= 0.6 is 7.26 Å². The summed E-state index contributed by atoms with van der Waals surface area (Å²) >= 11 is 0. The lowest BCUT2D eigenvalue weighted by atomic mass is 10.1. The first-order valence-corrected chi connectivity index (χ1v) is 16.6. The molecule has 3 heteroatoms. The maximum Gasteiger partial charge on any atom is 0.302 e. The van der Waals surface area contributed by atoms with Crippen LogP contribution in [0, 0.1) is 0 Å². The van der Waals surface area contributed by atoms with Crippen LogP contribution in [0.3, 0.4) is 0 Å². The van der Waals surface area contributed by atoms with Gasteiger partial charge in [-0.2, -0.15) is 0 Å². The second-order valence-electron chi connectivity index (χ2n) is 9.88. The zero-order valence-electron chi connectivity index (χ0n) is 22.0. The van der Waals surface area contributed by atoms with E-state index in [1.54, 1.807) is 6.92 Å². The molecule has 0 rings (SSSR count). The van der Waals surface area contributed by atoms with Gasteiger partial charge in [0.25, 0.3) is 0 Å². The molecule has 0 bridgehead atoms. The summed E-state index contributed by atoms with van der Waals surface area (Å²) in [6.45, 7) is 9.13. The molecule has 186 valence electrons. The van der Waals surface area contributed by atoms with Crippen LogP contribution in [0.2, 0.25) is 0 Å². The Morgan fingerprint density at radius 3 is 1.16 bits per heavy atom. The lowest BCUT2D eigenvalue weighted by Gasteiger charge is -2.28. The Kier molecular flexibility index (Phi) is 23.0. The molecule has 0 unspecified atom stereocenters. The van der Waals surface area contributed by atoms with Gasteiger partial charge in [0.15, 0.2) is 0 Å². The summed E-state index contributed by atoms with van der Waals surface area (Å²) in [7, 11) is -0.996. The minimum Gasteiger partial charge on any atom is -0.462 e.